The molecule has 0 N–H and O–H groups in total. The van der Waals surface area contributed by atoms with Crippen molar-refractivity contribution in [2.75, 3.05) is 0 Å². The molecule has 0 amide bonds. The molecule has 138 valence electrons. The number of pyridine rings is 1. The van der Waals surface area contributed by atoms with Crippen LogP contribution in [0.5, 0.6) is 0 Å². The first kappa shape index (κ1) is 17.5. The van der Waals surface area contributed by atoms with Crippen LogP contribution in [0.25, 0.3) is 32.8 Å². The van der Waals surface area contributed by atoms with E-state index in [1.807, 2.05) is 91.0 Å². The average molecular weight is 392 g/mol. The summed E-state index contributed by atoms with van der Waals surface area (Å²) in [5, 5.41) is 1.77. The summed E-state index contributed by atoms with van der Waals surface area (Å²) < 4.78 is 1.07. The van der Waals surface area contributed by atoms with Gasteiger partial charge in [0.25, 0.3) is 0 Å². The summed E-state index contributed by atoms with van der Waals surface area (Å²) in [7, 11) is 0. The van der Waals surface area contributed by atoms with Gasteiger partial charge in [-0.3, -0.25) is 9.78 Å². The standard InChI is InChI=1S/C25H16N2OS/c28-24(18-7-2-1-3-8-18)20(25-27-22-10-4-5-11-23(22)29-25)16-17-12-13-21-19(15-17)9-6-14-26-21/h1-16H. The fourth-order valence-corrected chi connectivity index (χ4v) is 4.29. The fourth-order valence-electron chi connectivity index (χ4n) is 3.31. The van der Waals surface area contributed by atoms with Crippen molar-refractivity contribution in [3.8, 4) is 0 Å². The van der Waals surface area contributed by atoms with Gasteiger partial charge < -0.3 is 0 Å². The highest BCUT2D eigenvalue weighted by Crippen LogP contribution is 2.31. The molecule has 0 aliphatic carbocycles. The summed E-state index contributed by atoms with van der Waals surface area (Å²) >= 11 is 1.54. The zero-order valence-corrected chi connectivity index (χ0v) is 16.3. The lowest BCUT2D eigenvalue weighted by Crippen LogP contribution is -2.02. The second-order valence-corrected chi connectivity index (χ2v) is 7.73. The number of aromatic nitrogens is 2. The van der Waals surface area contributed by atoms with Crippen LogP contribution in [0.15, 0.2) is 91.1 Å². The summed E-state index contributed by atoms with van der Waals surface area (Å²) in [6.45, 7) is 0. The first-order valence-corrected chi connectivity index (χ1v) is 10.1. The van der Waals surface area contributed by atoms with E-state index in [0.29, 0.717) is 11.1 Å². The van der Waals surface area contributed by atoms with Crippen LogP contribution >= 0.6 is 11.3 Å². The van der Waals surface area contributed by atoms with E-state index in [1.165, 1.54) is 11.3 Å². The zero-order chi connectivity index (χ0) is 19.6. The molecule has 4 heteroatoms. The number of Topliss-reactive ketones (excluding diaryl/α,β-unsaturated/α-hetero) is 1. The summed E-state index contributed by atoms with van der Waals surface area (Å²) in [5.41, 5.74) is 4.03. The third kappa shape index (κ3) is 3.46. The first-order valence-electron chi connectivity index (χ1n) is 9.30. The summed E-state index contributed by atoms with van der Waals surface area (Å²) in [4.78, 5) is 22.5. The van der Waals surface area contributed by atoms with Gasteiger partial charge in [0.15, 0.2) is 5.78 Å². The van der Waals surface area contributed by atoms with Gasteiger partial charge in [0.1, 0.15) is 5.01 Å². The van der Waals surface area contributed by atoms with Crippen LogP contribution in [0.4, 0.5) is 0 Å². The maximum atomic E-state index is 13.4. The Morgan fingerprint density at radius 3 is 2.52 bits per heavy atom. The SMILES string of the molecule is O=C(C(=Cc1ccc2ncccc2c1)c1nc2ccccc2s1)c1ccccc1. The van der Waals surface area contributed by atoms with Crippen molar-refractivity contribution < 1.29 is 4.79 Å². The van der Waals surface area contributed by atoms with Gasteiger partial charge in [-0.15, -0.1) is 11.3 Å². The van der Waals surface area contributed by atoms with E-state index in [2.05, 4.69) is 4.98 Å². The third-order valence-electron chi connectivity index (χ3n) is 4.74. The number of carbonyl (C=O) groups is 1. The molecule has 5 aromatic rings. The van der Waals surface area contributed by atoms with Crippen LogP contribution < -0.4 is 0 Å². The number of hydrogen-bond acceptors (Lipinski definition) is 4. The predicted octanol–water partition coefficient (Wildman–Crippen LogP) is 6.27. The topological polar surface area (TPSA) is 42.9 Å². The molecule has 0 aliphatic rings. The van der Waals surface area contributed by atoms with E-state index in [4.69, 9.17) is 4.98 Å². The zero-order valence-electron chi connectivity index (χ0n) is 15.4. The van der Waals surface area contributed by atoms with Gasteiger partial charge in [0, 0.05) is 17.1 Å². The van der Waals surface area contributed by atoms with Gasteiger partial charge >= 0.3 is 0 Å². The fraction of sp³-hybridized carbons (Fsp3) is 0. The molecule has 0 spiro atoms. The van der Waals surface area contributed by atoms with Crippen LogP contribution in [0.1, 0.15) is 20.9 Å². The average Bonchev–Trinajstić information content (AvgIpc) is 3.21. The normalized spacial score (nSPS) is 11.8. The summed E-state index contributed by atoms with van der Waals surface area (Å²) in [5.74, 6) is -0.0315. The minimum Gasteiger partial charge on any atom is -0.288 e. The van der Waals surface area contributed by atoms with Crippen LogP contribution in [0, 0.1) is 0 Å². The van der Waals surface area contributed by atoms with E-state index in [9.17, 15) is 4.79 Å². The molecule has 2 aromatic heterocycles. The van der Waals surface area contributed by atoms with Gasteiger partial charge in [-0.2, -0.15) is 0 Å². The van der Waals surface area contributed by atoms with Gasteiger partial charge in [0.05, 0.1) is 21.3 Å². The number of rotatable bonds is 4. The monoisotopic (exact) mass is 392 g/mol. The number of hydrogen-bond donors (Lipinski definition) is 0. The predicted molar refractivity (Wildman–Crippen MR) is 120 cm³/mol. The van der Waals surface area contributed by atoms with Gasteiger partial charge in [-0.1, -0.05) is 54.6 Å². The van der Waals surface area contributed by atoms with Crippen LogP contribution in [-0.2, 0) is 0 Å². The summed E-state index contributed by atoms with van der Waals surface area (Å²) in [6, 6.07) is 27.3. The molecule has 3 aromatic carbocycles. The Kier molecular flexibility index (Phi) is 4.47. The summed E-state index contributed by atoms with van der Waals surface area (Å²) in [6.07, 6.45) is 3.71. The molecule has 2 heterocycles. The molecular weight excluding hydrogens is 376 g/mol. The van der Waals surface area contributed by atoms with E-state index < -0.39 is 0 Å². The molecule has 3 nitrogen and oxygen atoms in total. The van der Waals surface area contributed by atoms with Crippen molar-refractivity contribution in [1.29, 1.82) is 0 Å². The number of benzene rings is 3. The molecule has 5 rings (SSSR count). The number of ketones is 1. The van der Waals surface area contributed by atoms with E-state index in [0.717, 1.165) is 31.7 Å². The first-order chi connectivity index (χ1) is 14.3. The number of fused-ring (bicyclic) bond motifs is 2. The van der Waals surface area contributed by atoms with E-state index >= 15 is 0 Å². The van der Waals surface area contributed by atoms with Crippen molar-refractivity contribution in [1.82, 2.24) is 9.97 Å². The maximum absolute atomic E-state index is 13.4. The van der Waals surface area contributed by atoms with E-state index in [-0.39, 0.29) is 5.78 Å². The second-order valence-electron chi connectivity index (χ2n) is 6.70. The molecule has 0 bridgehead atoms. The number of para-hydroxylation sites is 1. The maximum Gasteiger partial charge on any atom is 0.196 e. The van der Waals surface area contributed by atoms with Crippen LogP contribution in [0.3, 0.4) is 0 Å². The number of allylic oxidation sites excluding steroid dienone is 1. The molecule has 0 saturated heterocycles. The smallest absolute Gasteiger partial charge is 0.196 e. The minimum atomic E-state index is -0.0315. The molecule has 0 saturated carbocycles. The highest BCUT2D eigenvalue weighted by Gasteiger charge is 2.18. The molecule has 0 aliphatic heterocycles. The number of carbonyl (C=O) groups excluding carboxylic acids is 1. The van der Waals surface area contributed by atoms with Gasteiger partial charge in [-0.05, 0) is 42.0 Å². The highest BCUT2D eigenvalue weighted by atomic mass is 32.1. The van der Waals surface area contributed by atoms with E-state index in [1.54, 1.807) is 6.20 Å². The quantitative estimate of drug-likeness (QED) is 0.267. The Bertz CT molecular complexity index is 1340. The Morgan fingerprint density at radius 1 is 0.828 bits per heavy atom. The van der Waals surface area contributed by atoms with Gasteiger partial charge in [0.2, 0.25) is 0 Å². The van der Waals surface area contributed by atoms with Crippen molar-refractivity contribution in [2.24, 2.45) is 0 Å². The number of nitrogens with zero attached hydrogens (tertiary/aromatic N) is 2. The van der Waals surface area contributed by atoms with Crippen molar-refractivity contribution >= 4 is 49.9 Å². The van der Waals surface area contributed by atoms with Crippen LogP contribution in [0.2, 0.25) is 0 Å². The largest absolute Gasteiger partial charge is 0.288 e. The molecule has 0 unspecified atom stereocenters. The molecule has 0 fully saturated rings. The Hall–Kier alpha value is -3.63. The lowest BCUT2D eigenvalue weighted by Gasteiger charge is -2.05. The Balaban J connectivity index is 1.68. The lowest BCUT2D eigenvalue weighted by atomic mass is 10.0. The molecule has 0 atom stereocenters. The minimum absolute atomic E-state index is 0.0315. The lowest BCUT2D eigenvalue weighted by molar-refractivity contribution is 0.105. The van der Waals surface area contributed by atoms with Crippen LogP contribution in [-0.4, -0.2) is 15.8 Å². The second kappa shape index (κ2) is 7.41. The Labute approximate surface area is 172 Å². The third-order valence-corrected chi connectivity index (χ3v) is 5.81. The number of thiazole rings is 1. The molecule has 0 radical (unpaired) electrons. The molecular formula is C25H16N2OS. The van der Waals surface area contributed by atoms with Gasteiger partial charge in [-0.25, -0.2) is 4.98 Å². The highest BCUT2D eigenvalue weighted by molar-refractivity contribution is 7.20. The molecule has 29 heavy (non-hydrogen) atoms. The van der Waals surface area contributed by atoms with Crippen molar-refractivity contribution in [3.05, 3.63) is 107 Å². The Morgan fingerprint density at radius 2 is 1.66 bits per heavy atom. The van der Waals surface area contributed by atoms with Crippen molar-refractivity contribution in [2.45, 2.75) is 0 Å². The van der Waals surface area contributed by atoms with Crippen molar-refractivity contribution in [3.63, 3.8) is 0 Å².